The molecule has 1 aromatic carbocycles. The number of thioether (sulfide) groups is 1. The first-order chi connectivity index (χ1) is 9.19. The second-order valence-electron chi connectivity index (χ2n) is 4.56. The lowest BCUT2D eigenvalue weighted by Crippen LogP contribution is -2.19. The van der Waals surface area contributed by atoms with Crippen LogP contribution >= 0.6 is 23.4 Å². The molecule has 0 heterocycles. The van der Waals surface area contributed by atoms with Crippen LogP contribution < -0.4 is 10.1 Å². The van der Waals surface area contributed by atoms with Crippen LogP contribution in [-0.2, 0) is 0 Å². The number of rotatable bonds is 9. The molecule has 4 heteroatoms. The van der Waals surface area contributed by atoms with Gasteiger partial charge in [0.25, 0.3) is 0 Å². The predicted molar refractivity (Wildman–Crippen MR) is 86.7 cm³/mol. The third-order valence-electron chi connectivity index (χ3n) is 2.91. The van der Waals surface area contributed by atoms with Crippen molar-refractivity contribution in [2.24, 2.45) is 0 Å². The van der Waals surface area contributed by atoms with Gasteiger partial charge in [-0.25, -0.2) is 0 Å². The van der Waals surface area contributed by atoms with Crippen LogP contribution in [0.25, 0.3) is 0 Å². The first-order valence-electron chi connectivity index (χ1n) is 6.83. The summed E-state index contributed by atoms with van der Waals surface area (Å²) in [6.45, 7) is 6.06. The van der Waals surface area contributed by atoms with Gasteiger partial charge in [0.2, 0.25) is 0 Å². The van der Waals surface area contributed by atoms with E-state index in [-0.39, 0.29) is 0 Å². The second kappa shape index (κ2) is 9.51. The lowest BCUT2D eigenvalue weighted by Gasteiger charge is -2.15. The summed E-state index contributed by atoms with van der Waals surface area (Å²) in [4.78, 5) is 0. The van der Waals surface area contributed by atoms with Crippen LogP contribution in [0.4, 0.5) is 0 Å². The molecule has 0 saturated heterocycles. The molecule has 1 aromatic rings. The van der Waals surface area contributed by atoms with E-state index < -0.39 is 0 Å². The molecule has 1 N–H and O–H groups in total. The molecule has 0 saturated carbocycles. The lowest BCUT2D eigenvalue weighted by atomic mass is 10.1. The van der Waals surface area contributed by atoms with Gasteiger partial charge in [0.05, 0.1) is 11.6 Å². The van der Waals surface area contributed by atoms with E-state index in [0.717, 1.165) is 37.5 Å². The van der Waals surface area contributed by atoms with Crippen molar-refractivity contribution < 1.29 is 4.74 Å². The van der Waals surface area contributed by atoms with Gasteiger partial charge in [-0.15, -0.1) is 0 Å². The Balaban J connectivity index is 2.53. The van der Waals surface area contributed by atoms with E-state index in [1.165, 1.54) is 5.56 Å². The van der Waals surface area contributed by atoms with E-state index in [1.54, 1.807) is 0 Å². The molecule has 0 aliphatic carbocycles. The van der Waals surface area contributed by atoms with Crippen LogP contribution in [-0.4, -0.2) is 25.2 Å². The quantitative estimate of drug-likeness (QED) is 0.677. The van der Waals surface area contributed by atoms with Gasteiger partial charge >= 0.3 is 0 Å². The zero-order valence-electron chi connectivity index (χ0n) is 12.0. The van der Waals surface area contributed by atoms with Crippen molar-refractivity contribution in [1.29, 1.82) is 0 Å². The molecule has 0 aliphatic heterocycles. The van der Waals surface area contributed by atoms with Gasteiger partial charge in [-0.05, 0) is 56.0 Å². The third-order valence-corrected chi connectivity index (χ3v) is 3.90. The summed E-state index contributed by atoms with van der Waals surface area (Å²) in [6, 6.07) is 6.38. The first kappa shape index (κ1) is 16.7. The number of nitrogens with one attached hydrogen (secondary N) is 1. The van der Waals surface area contributed by atoms with Crippen LogP contribution in [0.5, 0.6) is 5.75 Å². The number of benzene rings is 1. The Kier molecular flexibility index (Phi) is 8.35. The van der Waals surface area contributed by atoms with E-state index in [0.29, 0.717) is 11.1 Å². The maximum Gasteiger partial charge on any atom is 0.137 e. The first-order valence-corrected chi connectivity index (χ1v) is 8.60. The van der Waals surface area contributed by atoms with Crippen LogP contribution in [0.15, 0.2) is 18.2 Å². The van der Waals surface area contributed by atoms with Crippen molar-refractivity contribution in [1.82, 2.24) is 5.32 Å². The molecule has 19 heavy (non-hydrogen) atoms. The van der Waals surface area contributed by atoms with Gasteiger partial charge in [0, 0.05) is 6.04 Å². The maximum atomic E-state index is 6.26. The largest absolute Gasteiger partial charge is 0.492 e. The summed E-state index contributed by atoms with van der Waals surface area (Å²) in [5, 5.41) is 4.15. The second-order valence-corrected chi connectivity index (χ2v) is 5.95. The van der Waals surface area contributed by atoms with Crippen molar-refractivity contribution >= 4 is 23.4 Å². The molecular formula is C15H24ClNOS. The molecular weight excluding hydrogens is 278 g/mol. The molecule has 1 rings (SSSR count). The number of hydrogen-bond acceptors (Lipinski definition) is 3. The van der Waals surface area contributed by atoms with Crippen LogP contribution in [0.3, 0.4) is 0 Å². The van der Waals surface area contributed by atoms with Crippen LogP contribution in [0, 0.1) is 0 Å². The molecule has 0 spiro atoms. The molecule has 0 bridgehead atoms. The fourth-order valence-corrected chi connectivity index (χ4v) is 2.42. The summed E-state index contributed by atoms with van der Waals surface area (Å²) in [6.07, 6.45) is 4.29. The number of halogens is 1. The Hall–Kier alpha value is -0.380. The van der Waals surface area contributed by atoms with Crippen molar-refractivity contribution in [3.05, 3.63) is 28.8 Å². The fraction of sp³-hybridized carbons (Fsp3) is 0.600. The van der Waals surface area contributed by atoms with Crippen molar-refractivity contribution in [2.75, 3.05) is 25.2 Å². The minimum Gasteiger partial charge on any atom is -0.492 e. The Bertz CT molecular complexity index is 373. The third kappa shape index (κ3) is 6.07. The van der Waals surface area contributed by atoms with E-state index in [9.17, 15) is 0 Å². The minimum atomic E-state index is 0.322. The SMILES string of the molecule is CCCNC(C)c1ccc(OCCCSC)c(Cl)c1. The topological polar surface area (TPSA) is 21.3 Å². The Morgan fingerprint density at radius 3 is 2.84 bits per heavy atom. The normalized spacial score (nSPS) is 12.4. The monoisotopic (exact) mass is 301 g/mol. The maximum absolute atomic E-state index is 6.26. The smallest absolute Gasteiger partial charge is 0.137 e. The summed E-state index contributed by atoms with van der Waals surface area (Å²) in [7, 11) is 0. The summed E-state index contributed by atoms with van der Waals surface area (Å²) >= 11 is 8.10. The molecule has 0 fully saturated rings. The number of ether oxygens (including phenoxy) is 1. The number of hydrogen-bond donors (Lipinski definition) is 1. The van der Waals surface area contributed by atoms with Crippen molar-refractivity contribution in [2.45, 2.75) is 32.7 Å². The molecule has 2 nitrogen and oxygen atoms in total. The van der Waals surface area contributed by atoms with E-state index in [4.69, 9.17) is 16.3 Å². The van der Waals surface area contributed by atoms with Crippen molar-refractivity contribution in [3.63, 3.8) is 0 Å². The molecule has 0 radical (unpaired) electrons. The molecule has 1 atom stereocenters. The van der Waals surface area contributed by atoms with Gasteiger partial charge in [-0.1, -0.05) is 24.6 Å². The van der Waals surface area contributed by atoms with E-state index in [2.05, 4.69) is 31.5 Å². The Labute approximate surface area is 126 Å². The van der Waals surface area contributed by atoms with Gasteiger partial charge < -0.3 is 10.1 Å². The zero-order chi connectivity index (χ0) is 14.1. The van der Waals surface area contributed by atoms with Crippen LogP contribution in [0.1, 0.15) is 38.3 Å². The molecule has 0 aromatic heterocycles. The highest BCUT2D eigenvalue weighted by Crippen LogP contribution is 2.28. The molecule has 0 aliphatic rings. The highest BCUT2D eigenvalue weighted by Gasteiger charge is 2.08. The van der Waals surface area contributed by atoms with Crippen molar-refractivity contribution in [3.8, 4) is 5.75 Å². The Morgan fingerprint density at radius 1 is 1.42 bits per heavy atom. The predicted octanol–water partition coefficient (Wildman–Crippen LogP) is 4.53. The Morgan fingerprint density at radius 2 is 2.21 bits per heavy atom. The van der Waals surface area contributed by atoms with Gasteiger partial charge in [-0.3, -0.25) is 0 Å². The molecule has 0 amide bonds. The lowest BCUT2D eigenvalue weighted by molar-refractivity contribution is 0.319. The van der Waals surface area contributed by atoms with E-state index >= 15 is 0 Å². The zero-order valence-corrected chi connectivity index (χ0v) is 13.6. The van der Waals surface area contributed by atoms with Gasteiger partial charge in [0.15, 0.2) is 0 Å². The average molecular weight is 302 g/mol. The summed E-state index contributed by atoms with van der Waals surface area (Å²) in [5.41, 5.74) is 1.20. The molecule has 1 unspecified atom stereocenters. The molecule has 108 valence electrons. The van der Waals surface area contributed by atoms with Gasteiger partial charge in [-0.2, -0.15) is 11.8 Å². The van der Waals surface area contributed by atoms with Gasteiger partial charge in [0.1, 0.15) is 5.75 Å². The van der Waals surface area contributed by atoms with Crippen LogP contribution in [0.2, 0.25) is 5.02 Å². The van der Waals surface area contributed by atoms with E-state index in [1.807, 2.05) is 23.9 Å². The highest BCUT2D eigenvalue weighted by atomic mass is 35.5. The highest BCUT2D eigenvalue weighted by molar-refractivity contribution is 7.98. The fourth-order valence-electron chi connectivity index (χ4n) is 1.77. The standard InChI is InChI=1S/C15H24ClNOS/c1-4-8-17-12(2)13-6-7-15(14(16)11-13)18-9-5-10-19-3/h6-7,11-12,17H,4-5,8-10H2,1-3H3. The summed E-state index contributed by atoms with van der Waals surface area (Å²) < 4.78 is 5.69. The minimum absolute atomic E-state index is 0.322. The summed E-state index contributed by atoms with van der Waals surface area (Å²) in [5.74, 6) is 1.91. The average Bonchev–Trinajstić information content (AvgIpc) is 2.42.